The zero-order chi connectivity index (χ0) is 19.8. The Balaban J connectivity index is 1.55. The van der Waals surface area contributed by atoms with E-state index < -0.39 is 0 Å². The molecule has 2 heterocycles. The van der Waals surface area contributed by atoms with E-state index >= 15 is 0 Å². The Kier molecular flexibility index (Phi) is 7.46. The number of nitrogens with zero attached hydrogens (tertiary/aromatic N) is 2. The van der Waals surface area contributed by atoms with Gasteiger partial charge in [-0.05, 0) is 30.2 Å². The van der Waals surface area contributed by atoms with E-state index in [9.17, 15) is 0 Å². The molecule has 3 rings (SSSR count). The largest absolute Gasteiger partial charge is 0.395 e. The van der Waals surface area contributed by atoms with Crippen LogP contribution in [0.25, 0.3) is 12.2 Å². The van der Waals surface area contributed by atoms with Gasteiger partial charge >= 0.3 is 0 Å². The van der Waals surface area contributed by atoms with Gasteiger partial charge in [0.15, 0.2) is 25.1 Å². The number of para-hydroxylation sites is 1. The van der Waals surface area contributed by atoms with Crippen LogP contribution < -0.4 is 9.88 Å². The van der Waals surface area contributed by atoms with Crippen molar-refractivity contribution in [3.8, 4) is 0 Å². The van der Waals surface area contributed by atoms with Crippen LogP contribution in [-0.2, 0) is 6.54 Å². The lowest BCUT2D eigenvalue weighted by atomic mass is 10.1. The number of aryl methyl sites for hydroxylation is 1. The van der Waals surface area contributed by atoms with Gasteiger partial charge in [0.1, 0.15) is 7.05 Å². The lowest BCUT2D eigenvalue weighted by Crippen LogP contribution is -2.34. The van der Waals surface area contributed by atoms with Gasteiger partial charge in [-0.1, -0.05) is 42.1 Å². The molecule has 0 radical (unpaired) electrons. The highest BCUT2D eigenvalue weighted by Gasteiger charge is 2.23. The molecule has 2 aromatic rings. The predicted molar refractivity (Wildman–Crippen MR) is 120 cm³/mol. The highest BCUT2D eigenvalue weighted by atomic mass is 32.2. The van der Waals surface area contributed by atoms with Gasteiger partial charge in [-0.25, -0.2) is 4.57 Å². The van der Waals surface area contributed by atoms with Gasteiger partial charge in [-0.2, -0.15) is 4.58 Å². The normalized spacial score (nSPS) is 16.3. The van der Waals surface area contributed by atoms with Crippen molar-refractivity contribution >= 4 is 34.6 Å². The van der Waals surface area contributed by atoms with Gasteiger partial charge < -0.3 is 10.4 Å². The van der Waals surface area contributed by atoms with Crippen LogP contribution in [-0.4, -0.2) is 40.7 Å². The maximum absolute atomic E-state index is 9.01. The molecular weight excluding hydrogens is 366 g/mol. The van der Waals surface area contributed by atoms with Crippen molar-refractivity contribution < 1.29 is 14.2 Å². The number of aliphatic hydroxyl groups excluding tert-OH is 1. The van der Waals surface area contributed by atoms with Crippen LogP contribution in [0.15, 0.2) is 61.1 Å². The summed E-state index contributed by atoms with van der Waals surface area (Å²) in [5.74, 6) is 1.59. The molecule has 0 fully saturated rings. The van der Waals surface area contributed by atoms with E-state index in [1.54, 1.807) is 0 Å². The number of pyridine rings is 1. The number of nitrogens with one attached hydrogen (secondary N) is 1. The van der Waals surface area contributed by atoms with Crippen molar-refractivity contribution in [2.24, 2.45) is 5.92 Å². The summed E-state index contributed by atoms with van der Waals surface area (Å²) >= 11 is 1.94. The molecule has 2 N–H and O–H groups in total. The number of rotatable bonds is 8. The summed E-state index contributed by atoms with van der Waals surface area (Å²) in [6.07, 6.45) is 12.9. The Labute approximate surface area is 171 Å². The number of hydrogen-bond donors (Lipinski definition) is 2. The van der Waals surface area contributed by atoms with E-state index in [0.29, 0.717) is 12.5 Å². The van der Waals surface area contributed by atoms with Gasteiger partial charge in [0.2, 0.25) is 5.04 Å². The molecule has 0 amide bonds. The number of hydrogen-bond acceptors (Lipinski definition) is 3. The minimum atomic E-state index is 0.125. The van der Waals surface area contributed by atoms with E-state index in [0.717, 1.165) is 23.5 Å². The van der Waals surface area contributed by atoms with Gasteiger partial charge in [-0.3, -0.25) is 0 Å². The van der Waals surface area contributed by atoms with Crippen LogP contribution in [0.5, 0.6) is 0 Å². The van der Waals surface area contributed by atoms with E-state index in [2.05, 4.69) is 83.5 Å². The molecule has 0 saturated heterocycles. The summed E-state index contributed by atoms with van der Waals surface area (Å²) in [4.78, 5) is 0. The molecule has 1 aromatic carbocycles. The van der Waals surface area contributed by atoms with Crippen molar-refractivity contribution in [1.82, 2.24) is 0 Å². The highest BCUT2D eigenvalue weighted by Crippen LogP contribution is 2.19. The summed E-state index contributed by atoms with van der Waals surface area (Å²) in [5.41, 5.74) is 3.32. The number of benzene rings is 1. The van der Waals surface area contributed by atoms with Crippen LogP contribution in [0.1, 0.15) is 18.1 Å². The van der Waals surface area contributed by atoms with E-state index in [4.69, 9.17) is 5.11 Å². The minimum absolute atomic E-state index is 0.125. The number of thioether (sulfide) groups is 1. The molecular formula is C23H29N3OS+2. The van der Waals surface area contributed by atoms with Crippen LogP contribution in [0.3, 0.4) is 0 Å². The van der Waals surface area contributed by atoms with Crippen LogP contribution in [0.4, 0.5) is 5.69 Å². The first-order chi connectivity index (χ1) is 13.7. The average molecular weight is 396 g/mol. The first-order valence-corrected chi connectivity index (χ1v) is 10.7. The quantitative estimate of drug-likeness (QED) is 0.672. The average Bonchev–Trinajstić information content (AvgIpc) is 3.04. The maximum atomic E-state index is 9.01. The highest BCUT2D eigenvalue weighted by molar-refractivity contribution is 8.13. The summed E-state index contributed by atoms with van der Waals surface area (Å²) in [6.45, 7) is 3.92. The lowest BCUT2D eigenvalue weighted by molar-refractivity contribution is -0.692. The second-order valence-electron chi connectivity index (χ2n) is 6.87. The van der Waals surface area contributed by atoms with E-state index in [-0.39, 0.29) is 6.61 Å². The smallest absolute Gasteiger partial charge is 0.222 e. The number of allylic oxidation sites excluding steroid dienone is 1. The molecule has 0 saturated carbocycles. The third kappa shape index (κ3) is 5.57. The summed E-state index contributed by atoms with van der Waals surface area (Å²) in [7, 11) is 2.12. The van der Waals surface area contributed by atoms with Crippen molar-refractivity contribution in [3.63, 3.8) is 0 Å². The predicted octanol–water partition coefficient (Wildman–Crippen LogP) is 3.49. The molecule has 5 heteroatoms. The Morgan fingerprint density at radius 3 is 2.64 bits per heavy atom. The van der Waals surface area contributed by atoms with Crippen molar-refractivity contribution in [3.05, 3.63) is 72.2 Å². The van der Waals surface area contributed by atoms with Gasteiger partial charge in [0, 0.05) is 24.4 Å². The Morgan fingerprint density at radius 2 is 1.93 bits per heavy atom. The standard InChI is InChI=1S/C23H28N3OS/c1-19-9-13-25(2)23(19)28-18-16-26-14-10-20(11-15-26)7-8-21-5-3-4-6-22(21)24-12-17-27/h3-11,13-15,19,27H,12,16-18H2,1-2H3/q+1/p+1. The Hall–Kier alpha value is -2.37. The van der Waals surface area contributed by atoms with Gasteiger partial charge in [0.05, 0.1) is 18.3 Å². The third-order valence-corrected chi connectivity index (χ3v) is 6.04. The van der Waals surface area contributed by atoms with Crippen LogP contribution in [0, 0.1) is 5.92 Å². The lowest BCUT2D eigenvalue weighted by Gasteiger charge is -2.07. The zero-order valence-corrected chi connectivity index (χ0v) is 17.4. The summed E-state index contributed by atoms with van der Waals surface area (Å²) < 4.78 is 4.45. The van der Waals surface area contributed by atoms with E-state index in [1.165, 1.54) is 10.6 Å². The van der Waals surface area contributed by atoms with Crippen molar-refractivity contribution in [1.29, 1.82) is 0 Å². The third-order valence-electron chi connectivity index (χ3n) is 4.70. The second kappa shape index (κ2) is 10.2. The minimum Gasteiger partial charge on any atom is -0.395 e. The zero-order valence-electron chi connectivity index (χ0n) is 16.6. The summed E-state index contributed by atoms with van der Waals surface area (Å²) in [6, 6.07) is 12.4. The van der Waals surface area contributed by atoms with Crippen molar-refractivity contribution in [2.45, 2.75) is 13.5 Å². The molecule has 0 spiro atoms. The molecule has 1 aliphatic heterocycles. The molecule has 1 unspecified atom stereocenters. The first-order valence-electron chi connectivity index (χ1n) is 9.69. The molecule has 146 valence electrons. The molecule has 1 atom stereocenters. The fourth-order valence-electron chi connectivity index (χ4n) is 3.13. The van der Waals surface area contributed by atoms with Gasteiger partial charge in [-0.15, -0.1) is 0 Å². The Bertz CT molecular complexity index is 872. The number of aliphatic hydroxyl groups is 1. The van der Waals surface area contributed by atoms with Gasteiger partial charge in [0.25, 0.3) is 0 Å². The van der Waals surface area contributed by atoms with Crippen LogP contribution >= 0.6 is 11.8 Å². The van der Waals surface area contributed by atoms with Crippen molar-refractivity contribution in [2.75, 3.05) is 31.3 Å². The number of anilines is 1. The SMILES string of the molecule is CC1C=C[N+](C)=C1SCC[n+]1ccc(C=Cc2ccccc2NCCO)cc1. The maximum Gasteiger partial charge on any atom is 0.222 e. The van der Waals surface area contributed by atoms with Crippen LogP contribution in [0.2, 0.25) is 0 Å². The molecule has 0 bridgehead atoms. The first kappa shape index (κ1) is 20.4. The topological polar surface area (TPSA) is 39.1 Å². The Morgan fingerprint density at radius 1 is 1.14 bits per heavy atom. The fourth-order valence-corrected chi connectivity index (χ4v) is 4.25. The summed E-state index contributed by atoms with van der Waals surface area (Å²) in [5, 5.41) is 13.7. The molecule has 1 aromatic heterocycles. The monoisotopic (exact) mass is 395 g/mol. The second-order valence-corrected chi connectivity index (χ2v) is 7.98. The molecule has 28 heavy (non-hydrogen) atoms. The van der Waals surface area contributed by atoms with E-state index in [1.807, 2.05) is 30.0 Å². The molecule has 1 aliphatic rings. The molecule has 0 aliphatic carbocycles. The molecule has 4 nitrogen and oxygen atoms in total. The fraction of sp³-hybridized carbons (Fsp3) is 0.304. The number of aromatic nitrogens is 1.